The standard InChI is InChI=1S/C15H19FN2O2/c1-10(19)15-12(16)3-2-4-13(15)17-7-8-18-11(9-17)5-6-14(18)20/h2-4,10-11,19H,5-9H2,1H3/t10-,11?/m1/s1. The summed E-state index contributed by atoms with van der Waals surface area (Å²) in [6.45, 7) is 3.66. The zero-order chi connectivity index (χ0) is 14.3. The predicted molar refractivity (Wildman–Crippen MR) is 74.0 cm³/mol. The Morgan fingerprint density at radius 3 is 2.95 bits per heavy atom. The van der Waals surface area contributed by atoms with Gasteiger partial charge in [0.2, 0.25) is 5.91 Å². The number of hydrogen-bond donors (Lipinski definition) is 1. The summed E-state index contributed by atoms with van der Waals surface area (Å²) < 4.78 is 13.9. The van der Waals surface area contributed by atoms with Crippen molar-refractivity contribution in [1.82, 2.24) is 4.90 Å². The minimum Gasteiger partial charge on any atom is -0.389 e. The van der Waals surface area contributed by atoms with Crippen LogP contribution in [-0.2, 0) is 4.79 Å². The van der Waals surface area contributed by atoms with Gasteiger partial charge in [-0.1, -0.05) is 6.07 Å². The number of hydrogen-bond acceptors (Lipinski definition) is 3. The van der Waals surface area contributed by atoms with E-state index >= 15 is 0 Å². The molecule has 2 heterocycles. The van der Waals surface area contributed by atoms with Gasteiger partial charge in [-0.25, -0.2) is 4.39 Å². The molecule has 0 radical (unpaired) electrons. The molecule has 4 nitrogen and oxygen atoms in total. The van der Waals surface area contributed by atoms with Gasteiger partial charge in [0.05, 0.1) is 6.10 Å². The van der Waals surface area contributed by atoms with Crippen LogP contribution in [0, 0.1) is 5.82 Å². The fraction of sp³-hybridized carbons (Fsp3) is 0.533. The summed E-state index contributed by atoms with van der Waals surface area (Å²) in [6, 6.07) is 5.11. The highest BCUT2D eigenvalue weighted by molar-refractivity contribution is 5.79. The van der Waals surface area contributed by atoms with E-state index in [1.807, 2.05) is 11.0 Å². The Labute approximate surface area is 117 Å². The van der Waals surface area contributed by atoms with Gasteiger partial charge < -0.3 is 14.9 Å². The quantitative estimate of drug-likeness (QED) is 0.895. The molecule has 2 fully saturated rings. The van der Waals surface area contributed by atoms with Gasteiger partial charge >= 0.3 is 0 Å². The number of carbonyl (C=O) groups excluding carboxylic acids is 1. The van der Waals surface area contributed by atoms with E-state index < -0.39 is 6.10 Å². The van der Waals surface area contributed by atoms with E-state index in [9.17, 15) is 14.3 Å². The van der Waals surface area contributed by atoms with E-state index in [1.165, 1.54) is 6.07 Å². The first-order valence-electron chi connectivity index (χ1n) is 7.09. The maximum atomic E-state index is 13.9. The van der Waals surface area contributed by atoms with Gasteiger partial charge in [-0.2, -0.15) is 0 Å². The number of nitrogens with zero attached hydrogens (tertiary/aromatic N) is 2. The highest BCUT2D eigenvalue weighted by atomic mass is 19.1. The minimum atomic E-state index is -0.838. The molecule has 0 bridgehead atoms. The second-order valence-electron chi connectivity index (χ2n) is 5.57. The van der Waals surface area contributed by atoms with Crippen LogP contribution in [0.2, 0.25) is 0 Å². The van der Waals surface area contributed by atoms with Crippen LogP contribution in [0.15, 0.2) is 18.2 Å². The van der Waals surface area contributed by atoms with Crippen molar-refractivity contribution in [2.75, 3.05) is 24.5 Å². The normalized spacial score (nSPS) is 23.9. The molecule has 1 aromatic rings. The Balaban J connectivity index is 1.88. The monoisotopic (exact) mass is 278 g/mol. The third-order valence-electron chi connectivity index (χ3n) is 4.28. The molecule has 1 aromatic carbocycles. The molecule has 1 N–H and O–H groups in total. The third kappa shape index (κ3) is 2.16. The molecular weight excluding hydrogens is 259 g/mol. The van der Waals surface area contributed by atoms with Crippen LogP contribution in [0.4, 0.5) is 10.1 Å². The second-order valence-corrected chi connectivity index (χ2v) is 5.57. The molecule has 2 atom stereocenters. The SMILES string of the molecule is C[C@@H](O)c1c(F)cccc1N1CCN2C(=O)CCC2C1. The summed E-state index contributed by atoms with van der Waals surface area (Å²) in [4.78, 5) is 15.7. The van der Waals surface area contributed by atoms with Crippen molar-refractivity contribution in [3.8, 4) is 0 Å². The summed E-state index contributed by atoms with van der Waals surface area (Å²) >= 11 is 0. The molecule has 2 saturated heterocycles. The molecule has 1 unspecified atom stereocenters. The van der Waals surface area contributed by atoms with E-state index in [0.29, 0.717) is 25.1 Å². The van der Waals surface area contributed by atoms with Crippen LogP contribution >= 0.6 is 0 Å². The maximum Gasteiger partial charge on any atom is 0.223 e. The number of piperazine rings is 1. The molecule has 20 heavy (non-hydrogen) atoms. The lowest BCUT2D eigenvalue weighted by Gasteiger charge is -2.39. The molecule has 0 spiro atoms. The zero-order valence-electron chi connectivity index (χ0n) is 11.6. The van der Waals surface area contributed by atoms with Gasteiger partial charge in [0, 0.05) is 43.3 Å². The van der Waals surface area contributed by atoms with Crippen LogP contribution in [0.3, 0.4) is 0 Å². The van der Waals surface area contributed by atoms with Crippen molar-refractivity contribution in [2.24, 2.45) is 0 Å². The average molecular weight is 278 g/mol. The molecule has 3 rings (SSSR count). The number of aliphatic hydroxyl groups excluding tert-OH is 1. The number of rotatable bonds is 2. The lowest BCUT2D eigenvalue weighted by atomic mass is 10.0. The number of fused-ring (bicyclic) bond motifs is 1. The van der Waals surface area contributed by atoms with Crippen LogP contribution in [0.1, 0.15) is 31.4 Å². The summed E-state index contributed by atoms with van der Waals surface area (Å²) in [6.07, 6.45) is 0.647. The first kappa shape index (κ1) is 13.4. The Hall–Kier alpha value is -1.62. The van der Waals surface area contributed by atoms with Gasteiger partial charge in [-0.3, -0.25) is 4.79 Å². The number of halogens is 1. The fourth-order valence-corrected chi connectivity index (χ4v) is 3.30. The summed E-state index contributed by atoms with van der Waals surface area (Å²) in [5.74, 6) is -0.146. The summed E-state index contributed by atoms with van der Waals surface area (Å²) in [5.41, 5.74) is 1.10. The van der Waals surface area contributed by atoms with E-state index in [2.05, 4.69) is 4.90 Å². The van der Waals surface area contributed by atoms with Crippen LogP contribution < -0.4 is 4.90 Å². The lowest BCUT2D eigenvalue weighted by Crippen LogP contribution is -2.51. The van der Waals surface area contributed by atoms with Crippen molar-refractivity contribution >= 4 is 11.6 Å². The Morgan fingerprint density at radius 2 is 2.20 bits per heavy atom. The number of aliphatic hydroxyl groups is 1. The van der Waals surface area contributed by atoms with Crippen molar-refractivity contribution < 1.29 is 14.3 Å². The van der Waals surface area contributed by atoms with Crippen LogP contribution in [0.5, 0.6) is 0 Å². The molecular formula is C15H19FN2O2. The zero-order valence-corrected chi connectivity index (χ0v) is 11.6. The average Bonchev–Trinajstić information content (AvgIpc) is 2.79. The van der Waals surface area contributed by atoms with Gasteiger partial charge in [0.25, 0.3) is 0 Å². The van der Waals surface area contributed by atoms with Gasteiger partial charge in [0.1, 0.15) is 5.82 Å². The molecule has 1 amide bonds. The number of anilines is 1. The van der Waals surface area contributed by atoms with Crippen LogP contribution in [-0.4, -0.2) is 41.6 Å². The predicted octanol–water partition coefficient (Wildman–Crippen LogP) is 1.69. The Morgan fingerprint density at radius 1 is 1.40 bits per heavy atom. The smallest absolute Gasteiger partial charge is 0.223 e. The fourth-order valence-electron chi connectivity index (χ4n) is 3.30. The molecule has 0 aliphatic carbocycles. The molecule has 5 heteroatoms. The molecule has 2 aliphatic heterocycles. The number of carbonyl (C=O) groups is 1. The van der Waals surface area contributed by atoms with E-state index in [4.69, 9.17) is 0 Å². The van der Waals surface area contributed by atoms with Gasteiger partial charge in [-0.15, -0.1) is 0 Å². The Bertz CT molecular complexity index is 533. The van der Waals surface area contributed by atoms with Gasteiger partial charge in [-0.05, 0) is 25.5 Å². The van der Waals surface area contributed by atoms with E-state index in [-0.39, 0.29) is 17.8 Å². The van der Waals surface area contributed by atoms with Crippen molar-refractivity contribution in [3.63, 3.8) is 0 Å². The summed E-state index contributed by atoms with van der Waals surface area (Å²) in [5, 5.41) is 9.81. The third-order valence-corrected chi connectivity index (χ3v) is 4.28. The highest BCUT2D eigenvalue weighted by Crippen LogP contribution is 2.32. The molecule has 0 saturated carbocycles. The van der Waals surface area contributed by atoms with E-state index in [0.717, 1.165) is 18.7 Å². The second kappa shape index (κ2) is 5.05. The lowest BCUT2D eigenvalue weighted by molar-refractivity contribution is -0.129. The first-order valence-corrected chi connectivity index (χ1v) is 7.09. The van der Waals surface area contributed by atoms with Crippen molar-refractivity contribution in [1.29, 1.82) is 0 Å². The Kier molecular flexibility index (Phi) is 3.38. The highest BCUT2D eigenvalue weighted by Gasteiger charge is 2.36. The minimum absolute atomic E-state index is 0.223. The molecule has 108 valence electrons. The van der Waals surface area contributed by atoms with Gasteiger partial charge in [0.15, 0.2) is 0 Å². The van der Waals surface area contributed by atoms with E-state index in [1.54, 1.807) is 13.0 Å². The number of amides is 1. The summed E-state index contributed by atoms with van der Waals surface area (Å²) in [7, 11) is 0. The van der Waals surface area contributed by atoms with Crippen molar-refractivity contribution in [2.45, 2.75) is 31.9 Å². The topological polar surface area (TPSA) is 43.8 Å². The largest absolute Gasteiger partial charge is 0.389 e. The number of benzene rings is 1. The molecule has 0 aromatic heterocycles. The van der Waals surface area contributed by atoms with Crippen LogP contribution in [0.25, 0.3) is 0 Å². The maximum absolute atomic E-state index is 13.9. The van der Waals surface area contributed by atoms with Crippen molar-refractivity contribution in [3.05, 3.63) is 29.6 Å². The first-order chi connectivity index (χ1) is 9.58. The molecule has 2 aliphatic rings.